The predicted molar refractivity (Wildman–Crippen MR) is 99.1 cm³/mol. The van der Waals surface area contributed by atoms with Crippen molar-refractivity contribution in [2.24, 2.45) is 7.05 Å². The van der Waals surface area contributed by atoms with Crippen LogP contribution >= 0.6 is 0 Å². The highest BCUT2D eigenvalue weighted by Gasteiger charge is 2.23. The summed E-state index contributed by atoms with van der Waals surface area (Å²) in [6, 6.07) is 8.56. The van der Waals surface area contributed by atoms with E-state index in [1.807, 2.05) is 4.90 Å². The third-order valence-electron chi connectivity index (χ3n) is 4.51. The standard InChI is InChI=1S/C19H21FN4O3/c1-22-7-6-14(12-18(22)26)19(27)24-10-8-23(9-11-24)13-17(25)21-16-4-2-15(20)3-5-16/h2-7,12H,8-11,13H2,1H3,(H,21,25). The van der Waals surface area contributed by atoms with Crippen LogP contribution in [0.15, 0.2) is 47.4 Å². The second-order valence-electron chi connectivity index (χ2n) is 6.49. The first-order valence-electron chi connectivity index (χ1n) is 8.66. The van der Waals surface area contributed by atoms with Crippen LogP contribution in [0.3, 0.4) is 0 Å². The van der Waals surface area contributed by atoms with E-state index in [1.165, 1.54) is 34.9 Å². The van der Waals surface area contributed by atoms with Crippen LogP contribution in [0, 0.1) is 5.82 Å². The molecule has 27 heavy (non-hydrogen) atoms. The predicted octanol–water partition coefficient (Wildman–Crippen LogP) is 0.921. The van der Waals surface area contributed by atoms with Gasteiger partial charge in [0.05, 0.1) is 6.54 Å². The normalized spacial score (nSPS) is 14.8. The molecule has 3 rings (SSSR count). The number of rotatable bonds is 4. The van der Waals surface area contributed by atoms with Crippen molar-refractivity contribution in [3.63, 3.8) is 0 Å². The Balaban J connectivity index is 1.50. The van der Waals surface area contributed by atoms with Gasteiger partial charge in [-0.3, -0.25) is 19.3 Å². The molecule has 2 aromatic rings. The van der Waals surface area contributed by atoms with Crippen molar-refractivity contribution in [3.05, 3.63) is 64.3 Å². The van der Waals surface area contributed by atoms with E-state index >= 15 is 0 Å². The molecule has 0 aliphatic carbocycles. The van der Waals surface area contributed by atoms with Gasteiger partial charge in [-0.1, -0.05) is 0 Å². The summed E-state index contributed by atoms with van der Waals surface area (Å²) in [5, 5.41) is 2.72. The Morgan fingerprint density at radius 2 is 1.74 bits per heavy atom. The quantitative estimate of drug-likeness (QED) is 0.866. The van der Waals surface area contributed by atoms with Crippen LogP contribution in [0.2, 0.25) is 0 Å². The van der Waals surface area contributed by atoms with Crippen molar-refractivity contribution in [1.29, 1.82) is 0 Å². The Hall–Kier alpha value is -3.00. The maximum Gasteiger partial charge on any atom is 0.254 e. The summed E-state index contributed by atoms with van der Waals surface area (Å²) >= 11 is 0. The second-order valence-corrected chi connectivity index (χ2v) is 6.49. The van der Waals surface area contributed by atoms with Gasteiger partial charge in [0.15, 0.2) is 0 Å². The van der Waals surface area contributed by atoms with Crippen LogP contribution in [0.5, 0.6) is 0 Å². The van der Waals surface area contributed by atoms with E-state index in [0.29, 0.717) is 37.4 Å². The first-order chi connectivity index (χ1) is 12.9. The molecule has 1 aliphatic rings. The lowest BCUT2D eigenvalue weighted by Crippen LogP contribution is -2.50. The van der Waals surface area contributed by atoms with Gasteiger partial charge in [0.25, 0.3) is 11.5 Å². The van der Waals surface area contributed by atoms with Crippen LogP contribution in [0.4, 0.5) is 10.1 Å². The average molecular weight is 372 g/mol. The maximum absolute atomic E-state index is 12.9. The minimum atomic E-state index is -0.356. The number of carbonyl (C=O) groups excluding carboxylic acids is 2. The zero-order valence-electron chi connectivity index (χ0n) is 15.0. The summed E-state index contributed by atoms with van der Waals surface area (Å²) in [7, 11) is 1.63. The number of amides is 2. The molecule has 1 aromatic carbocycles. The molecule has 0 saturated carbocycles. The van der Waals surface area contributed by atoms with Gasteiger partial charge in [0.1, 0.15) is 5.82 Å². The van der Waals surface area contributed by atoms with Gasteiger partial charge in [0.2, 0.25) is 5.91 Å². The number of hydrogen-bond donors (Lipinski definition) is 1. The van der Waals surface area contributed by atoms with Crippen LogP contribution in [0.1, 0.15) is 10.4 Å². The summed E-state index contributed by atoms with van der Waals surface area (Å²) in [6.45, 7) is 2.29. The first-order valence-corrected chi connectivity index (χ1v) is 8.66. The largest absolute Gasteiger partial charge is 0.336 e. The molecule has 0 bridgehead atoms. The molecule has 7 nitrogen and oxygen atoms in total. The Morgan fingerprint density at radius 3 is 2.37 bits per heavy atom. The number of nitrogens with one attached hydrogen (secondary N) is 1. The first kappa shape index (κ1) is 18.8. The lowest BCUT2D eigenvalue weighted by molar-refractivity contribution is -0.117. The molecular weight excluding hydrogens is 351 g/mol. The van der Waals surface area contributed by atoms with Gasteiger partial charge >= 0.3 is 0 Å². The fourth-order valence-corrected chi connectivity index (χ4v) is 2.91. The Kier molecular flexibility index (Phi) is 5.66. The monoisotopic (exact) mass is 372 g/mol. The molecule has 142 valence electrons. The molecule has 0 spiro atoms. The highest BCUT2D eigenvalue weighted by Crippen LogP contribution is 2.10. The summed E-state index contributed by atoms with van der Waals surface area (Å²) in [6.07, 6.45) is 1.58. The number of carbonyl (C=O) groups is 2. The van der Waals surface area contributed by atoms with Crippen LogP contribution in [0.25, 0.3) is 0 Å². The fourth-order valence-electron chi connectivity index (χ4n) is 2.91. The van der Waals surface area contributed by atoms with Gasteiger partial charge in [-0.2, -0.15) is 0 Å². The van der Waals surface area contributed by atoms with E-state index in [-0.39, 0.29) is 29.7 Å². The molecule has 8 heteroatoms. The highest BCUT2D eigenvalue weighted by atomic mass is 19.1. The van der Waals surface area contributed by atoms with E-state index in [1.54, 1.807) is 24.2 Å². The molecule has 2 heterocycles. The SMILES string of the molecule is Cn1ccc(C(=O)N2CCN(CC(=O)Nc3ccc(F)cc3)CC2)cc1=O. The highest BCUT2D eigenvalue weighted by molar-refractivity contribution is 5.94. The molecule has 0 radical (unpaired) electrons. The van der Waals surface area contributed by atoms with Crippen molar-refractivity contribution in [3.8, 4) is 0 Å². The Labute approximate surface area is 156 Å². The third kappa shape index (κ3) is 4.79. The molecule has 1 saturated heterocycles. The van der Waals surface area contributed by atoms with Crippen molar-refractivity contribution < 1.29 is 14.0 Å². The number of hydrogen-bond acceptors (Lipinski definition) is 4. The summed E-state index contributed by atoms with van der Waals surface area (Å²) in [5.74, 6) is -0.721. The van der Waals surface area contributed by atoms with Gasteiger partial charge in [-0.05, 0) is 30.3 Å². The van der Waals surface area contributed by atoms with Crippen molar-refractivity contribution in [1.82, 2.24) is 14.4 Å². The number of pyridine rings is 1. The zero-order chi connectivity index (χ0) is 19.4. The van der Waals surface area contributed by atoms with E-state index in [4.69, 9.17) is 0 Å². The van der Waals surface area contributed by atoms with Gasteiger partial charge in [-0.15, -0.1) is 0 Å². The number of aryl methyl sites for hydroxylation is 1. The molecule has 1 aromatic heterocycles. The van der Waals surface area contributed by atoms with E-state index in [0.717, 1.165) is 0 Å². The van der Waals surface area contributed by atoms with Crippen molar-refractivity contribution in [2.45, 2.75) is 0 Å². The van der Waals surface area contributed by atoms with Gasteiger partial charge in [-0.25, -0.2) is 4.39 Å². The van der Waals surface area contributed by atoms with E-state index in [9.17, 15) is 18.8 Å². The average Bonchev–Trinajstić information content (AvgIpc) is 2.66. The molecule has 1 aliphatic heterocycles. The lowest BCUT2D eigenvalue weighted by atomic mass is 10.2. The minimum absolute atomic E-state index is 0.178. The number of benzene rings is 1. The van der Waals surface area contributed by atoms with Crippen molar-refractivity contribution >= 4 is 17.5 Å². The summed E-state index contributed by atoms with van der Waals surface area (Å²) < 4.78 is 14.3. The number of piperazine rings is 1. The molecule has 1 N–H and O–H groups in total. The fraction of sp³-hybridized carbons (Fsp3) is 0.316. The van der Waals surface area contributed by atoms with Gasteiger partial charge in [0, 0.05) is 56.7 Å². The number of anilines is 1. The lowest BCUT2D eigenvalue weighted by Gasteiger charge is -2.34. The van der Waals surface area contributed by atoms with E-state index in [2.05, 4.69) is 5.32 Å². The second kappa shape index (κ2) is 8.13. The smallest absolute Gasteiger partial charge is 0.254 e. The molecule has 0 unspecified atom stereocenters. The minimum Gasteiger partial charge on any atom is -0.336 e. The molecular formula is C19H21FN4O3. The molecule has 1 fully saturated rings. The zero-order valence-corrected chi connectivity index (χ0v) is 15.0. The molecule has 2 amide bonds. The maximum atomic E-state index is 12.9. The Bertz CT molecular complexity index is 887. The van der Waals surface area contributed by atoms with Crippen molar-refractivity contribution in [2.75, 3.05) is 38.0 Å². The number of aromatic nitrogens is 1. The van der Waals surface area contributed by atoms with Crippen LogP contribution < -0.4 is 10.9 Å². The number of halogens is 1. The Morgan fingerprint density at radius 1 is 1.07 bits per heavy atom. The third-order valence-corrected chi connectivity index (χ3v) is 4.51. The van der Waals surface area contributed by atoms with Crippen LogP contribution in [-0.4, -0.2) is 58.9 Å². The molecule has 0 atom stereocenters. The summed E-state index contributed by atoms with van der Waals surface area (Å²) in [5.41, 5.74) is 0.693. The topological polar surface area (TPSA) is 74.7 Å². The van der Waals surface area contributed by atoms with Crippen LogP contribution in [-0.2, 0) is 11.8 Å². The van der Waals surface area contributed by atoms with Gasteiger partial charge < -0.3 is 14.8 Å². The van der Waals surface area contributed by atoms with E-state index < -0.39 is 0 Å². The number of nitrogens with zero attached hydrogens (tertiary/aromatic N) is 3. The summed E-state index contributed by atoms with van der Waals surface area (Å²) in [4.78, 5) is 39.9.